The van der Waals surface area contributed by atoms with Gasteiger partial charge in [0.1, 0.15) is 0 Å². The van der Waals surface area contributed by atoms with Gasteiger partial charge in [-0.1, -0.05) is 30.3 Å². The van der Waals surface area contributed by atoms with E-state index in [1.165, 1.54) is 6.26 Å². The molecule has 0 aliphatic heterocycles. The summed E-state index contributed by atoms with van der Waals surface area (Å²) in [6.07, 6.45) is 3.30. The molecule has 0 unspecified atom stereocenters. The fraction of sp³-hybridized carbons (Fsp3) is 0.227. The van der Waals surface area contributed by atoms with E-state index in [0.29, 0.717) is 11.5 Å². The molecule has 0 atom stereocenters. The largest absolute Gasteiger partial charge is 0.459 e. The Labute approximate surface area is 180 Å². The summed E-state index contributed by atoms with van der Waals surface area (Å²) in [5.41, 5.74) is 1.63. The molecule has 3 aromatic rings. The number of thioether (sulfide) groups is 1. The van der Waals surface area contributed by atoms with Crippen LogP contribution < -0.4 is 10.0 Å². The molecule has 1 aliphatic carbocycles. The van der Waals surface area contributed by atoms with E-state index in [9.17, 15) is 13.2 Å². The highest BCUT2D eigenvalue weighted by atomic mass is 32.2. The number of amides is 1. The van der Waals surface area contributed by atoms with Gasteiger partial charge >= 0.3 is 0 Å². The average molecular weight is 443 g/mol. The fourth-order valence-electron chi connectivity index (χ4n) is 2.86. The number of furan rings is 1. The van der Waals surface area contributed by atoms with Crippen LogP contribution in [0.15, 0.2) is 81.1 Å². The summed E-state index contributed by atoms with van der Waals surface area (Å²) in [6, 6.07) is 18.4. The van der Waals surface area contributed by atoms with Crippen molar-refractivity contribution in [1.29, 1.82) is 0 Å². The van der Waals surface area contributed by atoms with Crippen LogP contribution in [0.2, 0.25) is 0 Å². The van der Waals surface area contributed by atoms with Gasteiger partial charge in [-0.3, -0.25) is 4.79 Å². The SMILES string of the molecule is O=C(NCc1ccc(S(=O)(=O)NC2CC2)cc1)c1occc1CSc1ccccc1. The normalized spacial score (nSPS) is 13.9. The first kappa shape index (κ1) is 20.7. The standard InChI is InChI=1S/C22H22N2O4S2/c25-22(21-17(12-13-28-21)15-29-19-4-2-1-3-5-19)23-14-16-6-10-20(11-7-16)30(26,27)24-18-8-9-18/h1-7,10-13,18,24H,8-9,14-15H2,(H,23,25). The smallest absolute Gasteiger partial charge is 0.287 e. The molecule has 30 heavy (non-hydrogen) atoms. The van der Waals surface area contributed by atoms with Crippen molar-refractivity contribution in [3.05, 3.63) is 83.8 Å². The van der Waals surface area contributed by atoms with Crippen LogP contribution in [-0.2, 0) is 22.3 Å². The van der Waals surface area contributed by atoms with Gasteiger partial charge in [0.05, 0.1) is 11.2 Å². The zero-order chi connectivity index (χ0) is 21.0. The maximum atomic E-state index is 12.5. The van der Waals surface area contributed by atoms with Crippen LogP contribution in [0, 0.1) is 0 Å². The van der Waals surface area contributed by atoms with Crippen LogP contribution in [0.25, 0.3) is 0 Å². The number of rotatable bonds is 9. The minimum atomic E-state index is -3.47. The molecule has 0 radical (unpaired) electrons. The van der Waals surface area contributed by atoms with Crippen molar-refractivity contribution in [2.24, 2.45) is 0 Å². The number of hydrogen-bond acceptors (Lipinski definition) is 5. The molecule has 4 rings (SSSR count). The highest BCUT2D eigenvalue weighted by Gasteiger charge is 2.27. The first-order valence-corrected chi connectivity index (χ1v) is 12.1. The van der Waals surface area contributed by atoms with Gasteiger partial charge in [-0.05, 0) is 48.7 Å². The number of nitrogens with one attached hydrogen (secondary N) is 2. The lowest BCUT2D eigenvalue weighted by molar-refractivity contribution is 0.0922. The molecule has 2 aromatic carbocycles. The Morgan fingerprint density at radius 2 is 1.77 bits per heavy atom. The molecule has 0 bridgehead atoms. The van der Waals surface area contributed by atoms with E-state index in [0.717, 1.165) is 28.9 Å². The molecule has 1 saturated carbocycles. The Morgan fingerprint density at radius 1 is 1.03 bits per heavy atom. The average Bonchev–Trinajstić information content (AvgIpc) is 3.43. The summed E-state index contributed by atoms with van der Waals surface area (Å²) >= 11 is 1.63. The van der Waals surface area contributed by atoms with E-state index < -0.39 is 10.0 Å². The summed E-state index contributed by atoms with van der Waals surface area (Å²) in [6.45, 7) is 0.279. The minimum Gasteiger partial charge on any atom is -0.459 e. The zero-order valence-corrected chi connectivity index (χ0v) is 17.8. The number of carbonyl (C=O) groups is 1. The molecule has 1 aromatic heterocycles. The van der Waals surface area contributed by atoms with E-state index in [-0.39, 0.29) is 23.4 Å². The van der Waals surface area contributed by atoms with E-state index in [2.05, 4.69) is 10.0 Å². The Balaban J connectivity index is 1.33. The van der Waals surface area contributed by atoms with Gasteiger partial charge in [0.25, 0.3) is 5.91 Å². The summed E-state index contributed by atoms with van der Waals surface area (Å²) in [7, 11) is -3.47. The van der Waals surface area contributed by atoms with Crippen LogP contribution in [0.1, 0.15) is 34.5 Å². The molecule has 1 amide bonds. The molecular weight excluding hydrogens is 420 g/mol. The predicted octanol–water partition coefficient (Wildman–Crippen LogP) is 3.94. The predicted molar refractivity (Wildman–Crippen MR) is 116 cm³/mol. The summed E-state index contributed by atoms with van der Waals surface area (Å²) in [5.74, 6) is 0.631. The second kappa shape index (κ2) is 9.07. The van der Waals surface area contributed by atoms with E-state index in [4.69, 9.17) is 4.42 Å². The Kier molecular flexibility index (Phi) is 6.26. The van der Waals surface area contributed by atoms with Gasteiger partial charge in [0.2, 0.25) is 10.0 Å². The molecule has 1 fully saturated rings. The van der Waals surface area contributed by atoms with Crippen LogP contribution in [0.5, 0.6) is 0 Å². The first-order chi connectivity index (χ1) is 14.5. The number of sulfonamides is 1. The zero-order valence-electron chi connectivity index (χ0n) is 16.2. The highest BCUT2D eigenvalue weighted by Crippen LogP contribution is 2.25. The lowest BCUT2D eigenvalue weighted by atomic mass is 10.2. The molecule has 0 saturated heterocycles. The van der Waals surface area contributed by atoms with E-state index >= 15 is 0 Å². The second-order valence-electron chi connectivity index (χ2n) is 7.10. The first-order valence-electron chi connectivity index (χ1n) is 9.65. The monoisotopic (exact) mass is 442 g/mol. The third kappa shape index (κ3) is 5.33. The molecule has 1 heterocycles. The number of carbonyl (C=O) groups excluding carboxylic acids is 1. The topological polar surface area (TPSA) is 88.4 Å². The molecule has 1 aliphatic rings. The number of hydrogen-bond donors (Lipinski definition) is 2. The molecule has 2 N–H and O–H groups in total. The number of benzene rings is 2. The van der Waals surface area contributed by atoms with Crippen molar-refractivity contribution < 1.29 is 17.6 Å². The summed E-state index contributed by atoms with van der Waals surface area (Å²) in [5, 5.41) is 2.83. The van der Waals surface area contributed by atoms with Gasteiger partial charge < -0.3 is 9.73 Å². The Bertz CT molecular complexity index is 1110. The van der Waals surface area contributed by atoms with Crippen LogP contribution >= 0.6 is 11.8 Å². The summed E-state index contributed by atoms with van der Waals surface area (Å²) < 4.78 is 32.5. The maximum absolute atomic E-state index is 12.5. The van der Waals surface area contributed by atoms with Gasteiger partial charge in [-0.25, -0.2) is 13.1 Å². The third-order valence-electron chi connectivity index (χ3n) is 4.68. The van der Waals surface area contributed by atoms with Crippen molar-refractivity contribution in [3.8, 4) is 0 Å². The lowest BCUT2D eigenvalue weighted by Crippen LogP contribution is -2.26. The van der Waals surface area contributed by atoms with Gasteiger partial charge in [-0.2, -0.15) is 0 Å². The van der Waals surface area contributed by atoms with Gasteiger partial charge in [0, 0.05) is 28.8 Å². The molecule has 156 valence electrons. The quantitative estimate of drug-likeness (QED) is 0.490. The van der Waals surface area contributed by atoms with E-state index in [1.807, 2.05) is 30.3 Å². The van der Waals surface area contributed by atoms with Crippen LogP contribution in [0.3, 0.4) is 0 Å². The van der Waals surface area contributed by atoms with Crippen molar-refractivity contribution in [2.75, 3.05) is 0 Å². The highest BCUT2D eigenvalue weighted by molar-refractivity contribution is 7.98. The lowest BCUT2D eigenvalue weighted by Gasteiger charge is -2.08. The Hall–Kier alpha value is -2.55. The Morgan fingerprint density at radius 3 is 2.47 bits per heavy atom. The molecule has 6 nitrogen and oxygen atoms in total. The fourth-order valence-corrected chi connectivity index (χ4v) is 5.07. The van der Waals surface area contributed by atoms with Crippen molar-refractivity contribution >= 4 is 27.7 Å². The van der Waals surface area contributed by atoms with E-state index in [1.54, 1.807) is 42.1 Å². The van der Waals surface area contributed by atoms with Gasteiger partial charge in [0.15, 0.2) is 5.76 Å². The van der Waals surface area contributed by atoms with Crippen LogP contribution in [0.4, 0.5) is 0 Å². The van der Waals surface area contributed by atoms with Crippen molar-refractivity contribution in [2.45, 2.75) is 41.0 Å². The molecule has 0 spiro atoms. The molecular formula is C22H22N2O4S2. The second-order valence-corrected chi connectivity index (χ2v) is 9.86. The van der Waals surface area contributed by atoms with Crippen molar-refractivity contribution in [1.82, 2.24) is 10.0 Å². The maximum Gasteiger partial charge on any atom is 0.287 e. The van der Waals surface area contributed by atoms with Crippen LogP contribution in [-0.4, -0.2) is 20.4 Å². The van der Waals surface area contributed by atoms with Gasteiger partial charge in [-0.15, -0.1) is 11.8 Å². The summed E-state index contributed by atoms with van der Waals surface area (Å²) in [4.78, 5) is 13.9. The van der Waals surface area contributed by atoms with Crippen molar-refractivity contribution in [3.63, 3.8) is 0 Å². The third-order valence-corrected chi connectivity index (χ3v) is 7.27. The molecule has 8 heteroatoms. The minimum absolute atomic E-state index is 0.0662.